The maximum absolute atomic E-state index is 12.9. The van der Waals surface area contributed by atoms with E-state index in [0.29, 0.717) is 16.5 Å². The van der Waals surface area contributed by atoms with Crippen LogP contribution in [0.3, 0.4) is 0 Å². The highest BCUT2D eigenvalue weighted by Crippen LogP contribution is 2.25. The SMILES string of the molecule is CC[C@@H](C(=O)NCCOc1ccc(F)cc1)N(c1cccc(Cl)c1)S(C)(=O)=O. The van der Waals surface area contributed by atoms with E-state index in [2.05, 4.69) is 5.32 Å². The summed E-state index contributed by atoms with van der Waals surface area (Å²) in [5.41, 5.74) is 0.319. The summed E-state index contributed by atoms with van der Waals surface area (Å²) in [7, 11) is -3.72. The number of ether oxygens (including phenoxy) is 1. The van der Waals surface area contributed by atoms with E-state index in [1.165, 1.54) is 30.3 Å². The lowest BCUT2D eigenvalue weighted by Crippen LogP contribution is -2.50. The van der Waals surface area contributed by atoms with Crippen LogP contribution in [0.1, 0.15) is 13.3 Å². The molecule has 2 rings (SSSR count). The van der Waals surface area contributed by atoms with Crippen LogP contribution in [0.5, 0.6) is 5.75 Å². The van der Waals surface area contributed by atoms with Gasteiger partial charge in [-0.3, -0.25) is 9.10 Å². The average Bonchev–Trinajstić information content (AvgIpc) is 2.63. The first kappa shape index (κ1) is 22.0. The maximum atomic E-state index is 12.9. The molecule has 0 saturated heterocycles. The molecule has 0 aliphatic rings. The predicted molar refractivity (Wildman–Crippen MR) is 108 cm³/mol. The average molecular weight is 429 g/mol. The van der Waals surface area contributed by atoms with Gasteiger partial charge in [-0.2, -0.15) is 0 Å². The number of sulfonamides is 1. The number of anilines is 1. The van der Waals surface area contributed by atoms with Crippen LogP contribution in [0.15, 0.2) is 48.5 Å². The highest BCUT2D eigenvalue weighted by Gasteiger charge is 2.31. The van der Waals surface area contributed by atoms with Crippen LogP contribution >= 0.6 is 11.6 Å². The fourth-order valence-electron chi connectivity index (χ4n) is 2.67. The van der Waals surface area contributed by atoms with Crippen LogP contribution in [0.2, 0.25) is 5.02 Å². The minimum Gasteiger partial charge on any atom is -0.492 e. The Morgan fingerprint density at radius 2 is 1.93 bits per heavy atom. The van der Waals surface area contributed by atoms with Gasteiger partial charge in [-0.25, -0.2) is 12.8 Å². The van der Waals surface area contributed by atoms with Gasteiger partial charge in [0, 0.05) is 5.02 Å². The Hall–Kier alpha value is -2.32. The molecule has 1 atom stereocenters. The van der Waals surface area contributed by atoms with Crippen molar-refractivity contribution in [3.63, 3.8) is 0 Å². The molecular weight excluding hydrogens is 407 g/mol. The molecule has 9 heteroatoms. The van der Waals surface area contributed by atoms with Gasteiger partial charge in [-0.05, 0) is 48.9 Å². The predicted octanol–water partition coefficient (Wildman–Crippen LogP) is 3.22. The smallest absolute Gasteiger partial charge is 0.244 e. The second-order valence-corrected chi connectivity index (χ2v) is 8.35. The summed E-state index contributed by atoms with van der Waals surface area (Å²) in [6, 6.07) is 10.9. The molecule has 0 radical (unpaired) electrons. The highest BCUT2D eigenvalue weighted by molar-refractivity contribution is 7.92. The van der Waals surface area contributed by atoms with Crippen LogP contribution in [0.25, 0.3) is 0 Å². The molecule has 1 amide bonds. The first-order chi connectivity index (χ1) is 13.2. The lowest BCUT2D eigenvalue weighted by atomic mass is 10.2. The quantitative estimate of drug-likeness (QED) is 0.622. The van der Waals surface area contributed by atoms with Gasteiger partial charge in [0.05, 0.1) is 18.5 Å². The van der Waals surface area contributed by atoms with Gasteiger partial charge < -0.3 is 10.1 Å². The number of rotatable bonds is 9. The van der Waals surface area contributed by atoms with Crippen LogP contribution in [-0.4, -0.2) is 39.8 Å². The first-order valence-electron chi connectivity index (χ1n) is 8.63. The maximum Gasteiger partial charge on any atom is 0.244 e. The molecule has 0 fully saturated rings. The van der Waals surface area contributed by atoms with Crippen molar-refractivity contribution < 1.29 is 22.3 Å². The number of nitrogens with zero attached hydrogens (tertiary/aromatic N) is 1. The van der Waals surface area contributed by atoms with Crippen molar-refractivity contribution in [3.05, 3.63) is 59.4 Å². The van der Waals surface area contributed by atoms with Crippen LogP contribution in [-0.2, 0) is 14.8 Å². The Bertz CT molecular complexity index is 906. The molecule has 0 saturated carbocycles. The Morgan fingerprint density at radius 1 is 1.25 bits per heavy atom. The number of nitrogens with one attached hydrogen (secondary N) is 1. The first-order valence-corrected chi connectivity index (χ1v) is 10.9. The van der Waals surface area contributed by atoms with Gasteiger partial charge in [-0.15, -0.1) is 0 Å². The van der Waals surface area contributed by atoms with Crippen molar-refractivity contribution >= 4 is 33.2 Å². The molecule has 2 aromatic carbocycles. The molecule has 2 aromatic rings. The molecule has 0 bridgehead atoms. The summed E-state index contributed by atoms with van der Waals surface area (Å²) < 4.78 is 44.0. The van der Waals surface area contributed by atoms with Crippen LogP contribution < -0.4 is 14.4 Å². The van der Waals surface area contributed by atoms with E-state index in [4.69, 9.17) is 16.3 Å². The van der Waals surface area contributed by atoms with E-state index in [-0.39, 0.29) is 25.4 Å². The van der Waals surface area contributed by atoms with Crippen molar-refractivity contribution in [2.75, 3.05) is 23.7 Å². The van der Waals surface area contributed by atoms with Gasteiger partial charge in [0.25, 0.3) is 0 Å². The van der Waals surface area contributed by atoms with E-state index >= 15 is 0 Å². The summed E-state index contributed by atoms with van der Waals surface area (Å²) in [4.78, 5) is 12.6. The zero-order valence-electron chi connectivity index (χ0n) is 15.6. The third-order valence-corrected chi connectivity index (χ3v) is 5.29. The summed E-state index contributed by atoms with van der Waals surface area (Å²) >= 11 is 5.97. The van der Waals surface area contributed by atoms with E-state index in [0.717, 1.165) is 10.6 Å². The second kappa shape index (κ2) is 9.75. The van der Waals surface area contributed by atoms with Gasteiger partial charge in [0.2, 0.25) is 15.9 Å². The van der Waals surface area contributed by atoms with Crippen molar-refractivity contribution in [2.45, 2.75) is 19.4 Å². The number of hydrogen-bond acceptors (Lipinski definition) is 4. The topological polar surface area (TPSA) is 75.7 Å². The molecule has 0 aromatic heterocycles. The van der Waals surface area contributed by atoms with Gasteiger partial charge in [0.1, 0.15) is 24.2 Å². The zero-order chi connectivity index (χ0) is 20.7. The Labute approximate surface area is 169 Å². The molecule has 152 valence electrons. The fraction of sp³-hybridized carbons (Fsp3) is 0.316. The number of amides is 1. The summed E-state index contributed by atoms with van der Waals surface area (Å²) in [5, 5.41) is 3.04. The summed E-state index contributed by atoms with van der Waals surface area (Å²) in [5.74, 6) is -0.344. The van der Waals surface area contributed by atoms with E-state index in [1.807, 2.05) is 0 Å². The molecule has 28 heavy (non-hydrogen) atoms. The lowest BCUT2D eigenvalue weighted by Gasteiger charge is -2.30. The van der Waals surface area contributed by atoms with E-state index < -0.39 is 22.0 Å². The van der Waals surface area contributed by atoms with Gasteiger partial charge in [0.15, 0.2) is 0 Å². The van der Waals surface area contributed by atoms with Crippen molar-refractivity contribution in [3.8, 4) is 5.75 Å². The van der Waals surface area contributed by atoms with E-state index in [9.17, 15) is 17.6 Å². The fourth-order valence-corrected chi connectivity index (χ4v) is 4.05. The molecule has 6 nitrogen and oxygen atoms in total. The van der Waals surface area contributed by atoms with Crippen LogP contribution in [0, 0.1) is 5.82 Å². The normalized spacial score (nSPS) is 12.3. The number of halogens is 2. The minimum atomic E-state index is -3.72. The Morgan fingerprint density at radius 3 is 2.50 bits per heavy atom. The van der Waals surface area contributed by atoms with E-state index in [1.54, 1.807) is 25.1 Å². The Balaban J connectivity index is 2.04. The van der Waals surface area contributed by atoms with Crippen molar-refractivity contribution in [2.24, 2.45) is 0 Å². The monoisotopic (exact) mass is 428 g/mol. The molecule has 0 spiro atoms. The van der Waals surface area contributed by atoms with Crippen LogP contribution in [0.4, 0.5) is 10.1 Å². The molecule has 0 heterocycles. The minimum absolute atomic E-state index is 0.157. The summed E-state index contributed by atoms with van der Waals surface area (Å²) in [6.07, 6.45) is 1.31. The van der Waals surface area contributed by atoms with Crippen molar-refractivity contribution in [1.82, 2.24) is 5.32 Å². The zero-order valence-corrected chi connectivity index (χ0v) is 17.1. The number of benzene rings is 2. The molecular formula is C19H22ClFN2O4S. The van der Waals surface area contributed by atoms with Gasteiger partial charge in [-0.1, -0.05) is 24.6 Å². The standard InChI is InChI=1S/C19H22ClFN2O4S/c1-3-18(23(28(2,25)26)16-6-4-5-14(20)13-16)19(24)22-11-12-27-17-9-7-15(21)8-10-17/h4-10,13,18H,3,11-12H2,1-2H3,(H,22,24)/t18-/m0/s1. The number of carbonyl (C=O) groups excluding carboxylic acids is 1. The third-order valence-electron chi connectivity index (χ3n) is 3.88. The lowest BCUT2D eigenvalue weighted by molar-refractivity contribution is -0.122. The number of carbonyl (C=O) groups is 1. The number of hydrogen-bond donors (Lipinski definition) is 1. The Kier molecular flexibility index (Phi) is 7.65. The molecule has 0 unspecified atom stereocenters. The third kappa shape index (κ3) is 6.10. The molecule has 1 N–H and O–H groups in total. The van der Waals surface area contributed by atoms with Gasteiger partial charge >= 0.3 is 0 Å². The summed E-state index contributed by atoms with van der Waals surface area (Å²) in [6.45, 7) is 2.05. The molecule has 0 aliphatic carbocycles. The second-order valence-electron chi connectivity index (χ2n) is 6.06. The molecule has 0 aliphatic heterocycles. The van der Waals surface area contributed by atoms with Crippen molar-refractivity contribution in [1.29, 1.82) is 0 Å². The highest BCUT2D eigenvalue weighted by atomic mass is 35.5. The largest absolute Gasteiger partial charge is 0.492 e.